The summed E-state index contributed by atoms with van der Waals surface area (Å²) in [5.41, 5.74) is 0. The smallest absolute Gasteiger partial charge is 0.222 e. The maximum absolute atomic E-state index is 12.1. The first kappa shape index (κ1) is 26.4. The van der Waals surface area contributed by atoms with Crippen LogP contribution < -0.4 is 10.6 Å². The van der Waals surface area contributed by atoms with Gasteiger partial charge in [0.2, 0.25) is 5.91 Å². The summed E-state index contributed by atoms with van der Waals surface area (Å²) in [6.07, 6.45) is 5.07. The maximum Gasteiger partial charge on any atom is 0.222 e. The molecule has 0 radical (unpaired) electrons. The molecule has 2 heterocycles. The van der Waals surface area contributed by atoms with E-state index in [2.05, 4.69) is 41.3 Å². The molecule has 0 aromatic carbocycles. The van der Waals surface area contributed by atoms with Gasteiger partial charge in [-0.15, -0.1) is 24.0 Å². The van der Waals surface area contributed by atoms with E-state index < -0.39 is 0 Å². The second-order valence-electron chi connectivity index (χ2n) is 8.40. The van der Waals surface area contributed by atoms with Crippen LogP contribution in [0.25, 0.3) is 0 Å². The Balaban J connectivity index is 0.00000420. The standard InChI is InChI=1S/C21H42N6O.HI/c1-4-22-21(23-10-8-12-27-11-7-5-6-9-20(27)28)24-17-19(2)18-26-15-13-25(3)14-16-26;/h19H,4-18H2,1-3H3,(H2,22,23,24);1H. The zero-order chi connectivity index (χ0) is 20.2. The minimum Gasteiger partial charge on any atom is -0.357 e. The molecular weight excluding hydrogens is 479 g/mol. The molecule has 2 N–H and O–H groups in total. The molecule has 2 aliphatic rings. The van der Waals surface area contributed by atoms with Gasteiger partial charge in [0.25, 0.3) is 0 Å². The highest BCUT2D eigenvalue weighted by molar-refractivity contribution is 14.0. The van der Waals surface area contributed by atoms with Gasteiger partial charge in [0.15, 0.2) is 5.96 Å². The van der Waals surface area contributed by atoms with Crippen LogP contribution in [-0.4, -0.2) is 99.1 Å². The Hall–Kier alpha value is -0.610. The molecule has 0 aromatic rings. The number of rotatable bonds is 9. The molecule has 0 aliphatic carbocycles. The van der Waals surface area contributed by atoms with Gasteiger partial charge >= 0.3 is 0 Å². The van der Waals surface area contributed by atoms with Crippen LogP contribution in [0.3, 0.4) is 0 Å². The molecule has 170 valence electrons. The highest BCUT2D eigenvalue weighted by Gasteiger charge is 2.17. The van der Waals surface area contributed by atoms with Crippen molar-refractivity contribution < 1.29 is 4.79 Å². The van der Waals surface area contributed by atoms with Gasteiger partial charge in [0, 0.05) is 71.9 Å². The number of likely N-dealkylation sites (tertiary alicyclic amines) is 1. The number of hydrogen-bond donors (Lipinski definition) is 2. The second kappa shape index (κ2) is 15.2. The summed E-state index contributed by atoms with van der Waals surface area (Å²) >= 11 is 0. The van der Waals surface area contributed by atoms with Crippen LogP contribution in [0.4, 0.5) is 0 Å². The number of carbonyl (C=O) groups is 1. The van der Waals surface area contributed by atoms with E-state index in [-0.39, 0.29) is 24.0 Å². The fourth-order valence-corrected chi connectivity index (χ4v) is 3.87. The summed E-state index contributed by atoms with van der Waals surface area (Å²) in [7, 11) is 2.20. The van der Waals surface area contributed by atoms with Crippen LogP contribution in [0.15, 0.2) is 4.99 Å². The molecule has 0 aromatic heterocycles. The number of carbonyl (C=O) groups excluding carboxylic acids is 1. The number of amides is 1. The third kappa shape index (κ3) is 10.8. The minimum atomic E-state index is 0. The second-order valence-corrected chi connectivity index (χ2v) is 8.40. The summed E-state index contributed by atoms with van der Waals surface area (Å²) in [5, 5.41) is 6.78. The third-order valence-electron chi connectivity index (χ3n) is 5.64. The summed E-state index contributed by atoms with van der Waals surface area (Å²) in [5.74, 6) is 1.78. The summed E-state index contributed by atoms with van der Waals surface area (Å²) in [6.45, 7) is 14.5. The van der Waals surface area contributed by atoms with Gasteiger partial charge in [0.1, 0.15) is 0 Å². The fraction of sp³-hybridized carbons (Fsp3) is 0.905. The van der Waals surface area contributed by atoms with Crippen molar-refractivity contribution in [3.8, 4) is 0 Å². The number of guanidine groups is 1. The van der Waals surface area contributed by atoms with Crippen LogP contribution in [0, 0.1) is 5.92 Å². The Bertz CT molecular complexity index is 482. The predicted molar refractivity (Wildman–Crippen MR) is 132 cm³/mol. The van der Waals surface area contributed by atoms with Crippen molar-refractivity contribution >= 4 is 35.8 Å². The number of halogens is 1. The van der Waals surface area contributed by atoms with E-state index in [0.717, 1.165) is 84.0 Å². The summed E-state index contributed by atoms with van der Waals surface area (Å²) < 4.78 is 0. The van der Waals surface area contributed by atoms with Crippen LogP contribution in [0.2, 0.25) is 0 Å². The Morgan fingerprint density at radius 1 is 1.10 bits per heavy atom. The van der Waals surface area contributed by atoms with Crippen LogP contribution in [-0.2, 0) is 4.79 Å². The van der Waals surface area contributed by atoms with Crippen LogP contribution in [0.5, 0.6) is 0 Å². The third-order valence-corrected chi connectivity index (χ3v) is 5.64. The number of piperazine rings is 1. The molecule has 1 unspecified atom stereocenters. The van der Waals surface area contributed by atoms with Crippen LogP contribution in [0.1, 0.15) is 46.0 Å². The molecule has 2 rings (SSSR count). The van der Waals surface area contributed by atoms with Gasteiger partial charge in [-0.1, -0.05) is 13.3 Å². The fourth-order valence-electron chi connectivity index (χ4n) is 3.87. The molecule has 0 spiro atoms. The lowest BCUT2D eigenvalue weighted by Gasteiger charge is -2.33. The van der Waals surface area contributed by atoms with Gasteiger partial charge in [0.05, 0.1) is 0 Å². The van der Waals surface area contributed by atoms with Crippen molar-refractivity contribution in [3.63, 3.8) is 0 Å². The summed E-state index contributed by atoms with van der Waals surface area (Å²) in [4.78, 5) is 23.8. The highest BCUT2D eigenvalue weighted by atomic mass is 127. The lowest BCUT2D eigenvalue weighted by atomic mass is 10.1. The zero-order valence-corrected chi connectivity index (χ0v) is 21.1. The molecule has 0 bridgehead atoms. The number of likely N-dealkylation sites (N-methyl/N-ethyl adjacent to an activating group) is 1. The molecule has 1 amide bonds. The van der Waals surface area contributed by atoms with E-state index >= 15 is 0 Å². The molecular formula is C21H43IN6O. The van der Waals surface area contributed by atoms with E-state index in [9.17, 15) is 4.79 Å². The monoisotopic (exact) mass is 522 g/mol. The first-order chi connectivity index (χ1) is 13.6. The molecule has 2 saturated heterocycles. The van der Waals surface area contributed by atoms with Crippen LogP contribution >= 0.6 is 24.0 Å². The van der Waals surface area contributed by atoms with Gasteiger partial charge < -0.3 is 25.3 Å². The lowest BCUT2D eigenvalue weighted by Crippen LogP contribution is -2.46. The predicted octanol–water partition coefficient (Wildman–Crippen LogP) is 1.84. The van der Waals surface area contributed by atoms with E-state index in [1.807, 2.05) is 4.90 Å². The van der Waals surface area contributed by atoms with E-state index in [1.165, 1.54) is 19.5 Å². The number of hydrogen-bond acceptors (Lipinski definition) is 4. The Morgan fingerprint density at radius 2 is 1.86 bits per heavy atom. The molecule has 29 heavy (non-hydrogen) atoms. The van der Waals surface area contributed by atoms with Crippen molar-refractivity contribution in [3.05, 3.63) is 0 Å². The van der Waals surface area contributed by atoms with Crippen molar-refractivity contribution in [1.29, 1.82) is 0 Å². The first-order valence-corrected chi connectivity index (χ1v) is 11.3. The summed E-state index contributed by atoms with van der Waals surface area (Å²) in [6, 6.07) is 0. The van der Waals surface area contributed by atoms with E-state index in [4.69, 9.17) is 4.99 Å². The van der Waals surface area contributed by atoms with Gasteiger partial charge in [-0.2, -0.15) is 0 Å². The number of nitrogens with zero attached hydrogens (tertiary/aromatic N) is 4. The van der Waals surface area contributed by atoms with Crippen molar-refractivity contribution in [2.75, 3.05) is 72.5 Å². The largest absolute Gasteiger partial charge is 0.357 e. The average Bonchev–Trinajstić information content (AvgIpc) is 2.89. The number of nitrogens with one attached hydrogen (secondary N) is 2. The SMILES string of the molecule is CCNC(=NCC(C)CN1CCN(C)CC1)NCCCN1CCCCCC1=O.I. The lowest BCUT2D eigenvalue weighted by molar-refractivity contribution is -0.130. The Labute approximate surface area is 195 Å². The number of aliphatic imine (C=N–C) groups is 1. The van der Waals surface area contributed by atoms with Gasteiger partial charge in [-0.3, -0.25) is 9.79 Å². The maximum atomic E-state index is 12.1. The first-order valence-electron chi connectivity index (χ1n) is 11.3. The van der Waals surface area contributed by atoms with E-state index in [0.29, 0.717) is 11.8 Å². The van der Waals surface area contributed by atoms with Crippen molar-refractivity contribution in [1.82, 2.24) is 25.3 Å². The highest BCUT2D eigenvalue weighted by Crippen LogP contribution is 2.11. The minimum absolute atomic E-state index is 0. The Kier molecular flexibility index (Phi) is 13.9. The van der Waals surface area contributed by atoms with Crippen molar-refractivity contribution in [2.45, 2.75) is 46.0 Å². The Morgan fingerprint density at radius 3 is 2.59 bits per heavy atom. The zero-order valence-electron chi connectivity index (χ0n) is 18.8. The molecule has 8 heteroatoms. The van der Waals surface area contributed by atoms with Crippen molar-refractivity contribution in [2.24, 2.45) is 10.9 Å². The van der Waals surface area contributed by atoms with E-state index in [1.54, 1.807) is 0 Å². The average molecular weight is 523 g/mol. The molecule has 0 saturated carbocycles. The molecule has 7 nitrogen and oxygen atoms in total. The quantitative estimate of drug-likeness (QED) is 0.210. The normalized spacial score (nSPS) is 20.7. The van der Waals surface area contributed by atoms with Gasteiger partial charge in [-0.25, -0.2) is 0 Å². The molecule has 2 aliphatic heterocycles. The molecule has 1 atom stereocenters. The topological polar surface area (TPSA) is 63.2 Å². The van der Waals surface area contributed by atoms with Gasteiger partial charge in [-0.05, 0) is 39.2 Å². The molecule has 2 fully saturated rings.